The molecule has 0 saturated carbocycles. The Balaban J connectivity index is 1.08. The molecule has 0 unspecified atom stereocenters. The van der Waals surface area contributed by atoms with Crippen LogP contribution in [0.2, 0.25) is 0 Å². The van der Waals surface area contributed by atoms with Gasteiger partial charge in [0, 0.05) is 84.4 Å². The van der Waals surface area contributed by atoms with E-state index in [1.807, 2.05) is 22.7 Å². The van der Waals surface area contributed by atoms with Crippen LogP contribution in [0.15, 0.2) is 182 Å². The third-order valence-corrected chi connectivity index (χ3v) is 14.3. The van der Waals surface area contributed by atoms with E-state index in [4.69, 9.17) is 0 Å². The van der Waals surface area contributed by atoms with Crippen LogP contribution in [-0.2, 0) is 0 Å². The quantitative estimate of drug-likeness (QED) is 0.170. The van der Waals surface area contributed by atoms with Crippen molar-refractivity contribution in [1.29, 1.82) is 0 Å². The largest absolute Gasteiger partial charge is 0.309 e. The number of benzene rings is 9. The van der Waals surface area contributed by atoms with Crippen LogP contribution in [0, 0.1) is 0 Å². The van der Waals surface area contributed by atoms with Crippen LogP contribution in [0.1, 0.15) is 0 Å². The molecule has 0 saturated heterocycles. The Hall–Kier alpha value is -6.72. The second-order valence-electron chi connectivity index (χ2n) is 14.8. The molecule has 13 aromatic rings. The highest BCUT2D eigenvalue weighted by Gasteiger charge is 2.22. The van der Waals surface area contributed by atoms with Crippen LogP contribution < -0.4 is 0 Å². The van der Waals surface area contributed by atoms with Crippen LogP contribution in [0.5, 0.6) is 0 Å². The molecule has 0 spiro atoms. The summed E-state index contributed by atoms with van der Waals surface area (Å²) in [6, 6.07) is 67.5. The zero-order chi connectivity index (χ0) is 36.5. The maximum absolute atomic E-state index is 2.52. The highest BCUT2D eigenvalue weighted by atomic mass is 32.1. The van der Waals surface area contributed by atoms with E-state index in [1.54, 1.807) is 0 Å². The highest BCUT2D eigenvalue weighted by Crippen LogP contribution is 2.47. The van der Waals surface area contributed by atoms with Crippen molar-refractivity contribution >= 4 is 117 Å². The number of hydrogen-bond donors (Lipinski definition) is 0. The van der Waals surface area contributed by atoms with Crippen LogP contribution >= 0.6 is 22.7 Å². The maximum Gasteiger partial charge on any atom is 0.0641 e. The van der Waals surface area contributed by atoms with E-state index in [9.17, 15) is 0 Å². The van der Waals surface area contributed by atoms with Gasteiger partial charge in [-0.1, -0.05) is 127 Å². The van der Waals surface area contributed by atoms with E-state index in [1.165, 1.54) is 117 Å². The molecule has 0 fully saturated rings. The average Bonchev–Trinajstić information content (AvgIpc) is 4.01. The smallest absolute Gasteiger partial charge is 0.0641 e. The molecule has 0 aliphatic heterocycles. The van der Waals surface area contributed by atoms with Gasteiger partial charge in [0.2, 0.25) is 0 Å². The highest BCUT2D eigenvalue weighted by molar-refractivity contribution is 7.27. The van der Waals surface area contributed by atoms with Crippen molar-refractivity contribution in [1.82, 2.24) is 9.13 Å². The van der Waals surface area contributed by atoms with Crippen LogP contribution in [-0.4, -0.2) is 9.13 Å². The Labute approximate surface area is 329 Å². The summed E-state index contributed by atoms with van der Waals surface area (Å²) in [4.78, 5) is 0. The minimum Gasteiger partial charge on any atom is -0.309 e. The van der Waals surface area contributed by atoms with Crippen LogP contribution in [0.25, 0.3) is 117 Å². The standard InChI is InChI=1S/C52H30N2S2/c1-2-12-32-29-33(24-23-31(32)11-1)53-45-21-7-4-15-42(45)49-46(53)27-26-37-35-13-3-6-20-44(35)54(50(37)49)34-25-28-48-43(30-34)41-19-10-18-40(52(41)56-48)39-17-9-16-38-36-14-5-8-22-47(36)55-51(38)39/h1-30H. The van der Waals surface area contributed by atoms with Gasteiger partial charge in [0.1, 0.15) is 0 Å². The molecule has 9 aromatic carbocycles. The zero-order valence-corrected chi connectivity index (χ0v) is 31.7. The van der Waals surface area contributed by atoms with Crippen molar-refractivity contribution in [2.75, 3.05) is 0 Å². The van der Waals surface area contributed by atoms with Crippen molar-refractivity contribution in [3.05, 3.63) is 182 Å². The third kappa shape index (κ3) is 4.15. The Bertz CT molecular complexity index is 3780. The molecule has 4 aromatic heterocycles. The normalized spacial score (nSPS) is 12.3. The number of aromatic nitrogens is 2. The molecule has 260 valence electrons. The Kier molecular flexibility index (Phi) is 6.23. The molecule has 13 rings (SSSR count). The number of thiophene rings is 2. The maximum atomic E-state index is 2.52. The Morgan fingerprint density at radius 2 is 0.911 bits per heavy atom. The van der Waals surface area contributed by atoms with E-state index in [0.717, 1.165) is 0 Å². The van der Waals surface area contributed by atoms with Crippen molar-refractivity contribution < 1.29 is 0 Å². The molecule has 0 aliphatic carbocycles. The van der Waals surface area contributed by atoms with Crippen molar-refractivity contribution in [3.8, 4) is 22.5 Å². The van der Waals surface area contributed by atoms with Gasteiger partial charge in [-0.15, -0.1) is 22.7 Å². The first-order chi connectivity index (χ1) is 27.8. The summed E-state index contributed by atoms with van der Waals surface area (Å²) >= 11 is 3.81. The molecule has 4 heterocycles. The van der Waals surface area contributed by atoms with Gasteiger partial charge >= 0.3 is 0 Å². The number of hydrogen-bond acceptors (Lipinski definition) is 2. The SMILES string of the molecule is c1ccc2cc(-n3c4ccccc4c4c3ccc3c5ccccc5n(-c5ccc6sc7c(-c8cccc9c8sc8ccccc89)cccc7c6c5)c34)ccc2c1. The molecular weight excluding hydrogens is 717 g/mol. The molecule has 0 N–H and O–H groups in total. The number of fused-ring (bicyclic) bond motifs is 14. The van der Waals surface area contributed by atoms with Gasteiger partial charge in [0.05, 0.1) is 22.1 Å². The van der Waals surface area contributed by atoms with E-state index >= 15 is 0 Å². The van der Waals surface area contributed by atoms with Crippen LogP contribution in [0.3, 0.4) is 0 Å². The van der Waals surface area contributed by atoms with Gasteiger partial charge in [0.15, 0.2) is 0 Å². The van der Waals surface area contributed by atoms with E-state index in [-0.39, 0.29) is 0 Å². The molecule has 0 radical (unpaired) electrons. The summed E-state index contributed by atoms with van der Waals surface area (Å²) in [6.07, 6.45) is 0. The van der Waals surface area contributed by atoms with E-state index < -0.39 is 0 Å². The fourth-order valence-electron chi connectivity index (χ4n) is 9.47. The second kappa shape index (κ2) is 11.4. The summed E-state index contributed by atoms with van der Waals surface area (Å²) in [6.45, 7) is 0. The first kappa shape index (κ1) is 30.6. The van der Waals surface area contributed by atoms with Gasteiger partial charge < -0.3 is 9.13 Å². The predicted octanol–water partition coefficient (Wildman–Crippen LogP) is 15.4. The summed E-state index contributed by atoms with van der Waals surface area (Å²) < 4.78 is 10.3. The third-order valence-electron chi connectivity index (χ3n) is 11.9. The predicted molar refractivity (Wildman–Crippen MR) is 244 cm³/mol. The summed E-state index contributed by atoms with van der Waals surface area (Å²) in [5.74, 6) is 0. The van der Waals surface area contributed by atoms with Gasteiger partial charge in [-0.25, -0.2) is 0 Å². The summed E-state index contributed by atoms with van der Waals surface area (Å²) in [5, 5.41) is 12.8. The lowest BCUT2D eigenvalue weighted by Gasteiger charge is -2.11. The van der Waals surface area contributed by atoms with Crippen molar-refractivity contribution in [2.24, 2.45) is 0 Å². The van der Waals surface area contributed by atoms with Crippen molar-refractivity contribution in [2.45, 2.75) is 0 Å². The fourth-order valence-corrected chi connectivity index (χ4v) is 11.9. The first-order valence-electron chi connectivity index (χ1n) is 19.1. The van der Waals surface area contributed by atoms with Crippen molar-refractivity contribution in [3.63, 3.8) is 0 Å². The van der Waals surface area contributed by atoms with Gasteiger partial charge in [-0.3, -0.25) is 0 Å². The molecule has 0 bridgehead atoms. The Morgan fingerprint density at radius 3 is 1.71 bits per heavy atom. The monoisotopic (exact) mass is 746 g/mol. The molecule has 56 heavy (non-hydrogen) atoms. The van der Waals surface area contributed by atoms with Gasteiger partial charge in [-0.05, 0) is 65.4 Å². The molecular formula is C52H30N2S2. The number of nitrogens with zero attached hydrogens (tertiary/aromatic N) is 2. The van der Waals surface area contributed by atoms with E-state index in [0.29, 0.717) is 0 Å². The molecule has 4 heteroatoms. The average molecular weight is 747 g/mol. The molecule has 0 aliphatic rings. The number of para-hydroxylation sites is 2. The first-order valence-corrected chi connectivity index (χ1v) is 20.7. The van der Waals surface area contributed by atoms with Crippen LogP contribution in [0.4, 0.5) is 0 Å². The lowest BCUT2D eigenvalue weighted by molar-refractivity contribution is 1.18. The molecule has 2 nitrogen and oxygen atoms in total. The minimum absolute atomic E-state index is 1.17. The fraction of sp³-hybridized carbons (Fsp3) is 0. The number of rotatable bonds is 3. The lowest BCUT2D eigenvalue weighted by atomic mass is 10.0. The summed E-state index contributed by atoms with van der Waals surface area (Å²) in [7, 11) is 0. The molecule has 0 amide bonds. The Morgan fingerprint density at radius 1 is 0.321 bits per heavy atom. The lowest BCUT2D eigenvalue weighted by Crippen LogP contribution is -1.95. The minimum atomic E-state index is 1.17. The topological polar surface area (TPSA) is 9.86 Å². The summed E-state index contributed by atoms with van der Waals surface area (Å²) in [5.41, 5.74) is 9.85. The van der Waals surface area contributed by atoms with Gasteiger partial charge in [0.25, 0.3) is 0 Å². The van der Waals surface area contributed by atoms with Gasteiger partial charge in [-0.2, -0.15) is 0 Å². The zero-order valence-electron chi connectivity index (χ0n) is 30.0. The van der Waals surface area contributed by atoms with E-state index in [2.05, 4.69) is 191 Å². The molecule has 0 atom stereocenters. The second-order valence-corrected chi connectivity index (χ2v) is 16.9.